The zero-order valence-corrected chi connectivity index (χ0v) is 17.7. The Bertz CT molecular complexity index is 982. The van der Waals surface area contributed by atoms with Crippen molar-refractivity contribution in [1.82, 2.24) is 10.2 Å². The number of nitrogens with one attached hydrogen (secondary N) is 1. The topological polar surface area (TPSA) is 88.1 Å². The van der Waals surface area contributed by atoms with Gasteiger partial charge in [-0.1, -0.05) is 36.0 Å². The van der Waals surface area contributed by atoms with Crippen LogP contribution in [-0.2, 0) is 11.2 Å². The molecule has 0 unspecified atom stereocenters. The lowest BCUT2D eigenvalue weighted by atomic mass is 9.80. The van der Waals surface area contributed by atoms with Gasteiger partial charge in [0.25, 0.3) is 11.1 Å². The maximum atomic E-state index is 12.6. The molecule has 0 radical (unpaired) electrons. The molecule has 1 atom stereocenters. The average Bonchev–Trinajstić information content (AvgIpc) is 2.99. The van der Waals surface area contributed by atoms with Crippen molar-refractivity contribution in [1.29, 1.82) is 0 Å². The van der Waals surface area contributed by atoms with Gasteiger partial charge in [0.05, 0.1) is 22.4 Å². The van der Waals surface area contributed by atoms with Gasteiger partial charge >= 0.3 is 0 Å². The molecule has 1 aliphatic rings. The van der Waals surface area contributed by atoms with Crippen molar-refractivity contribution in [3.05, 3.63) is 59.7 Å². The number of hydrogen-bond acceptors (Lipinski definition) is 6. The van der Waals surface area contributed by atoms with Gasteiger partial charge in [-0.25, -0.2) is 0 Å². The minimum atomic E-state index is -0.793. The van der Waals surface area contributed by atoms with E-state index in [4.69, 9.17) is 4.74 Å². The lowest BCUT2D eigenvalue weighted by molar-refractivity contribution is -0.119. The number of aliphatic imine (C=N–C) groups is 1. The number of rotatable bonds is 8. The normalized spacial score (nSPS) is 18.0. The first-order valence-electron chi connectivity index (χ1n) is 9.40. The summed E-state index contributed by atoms with van der Waals surface area (Å²) in [4.78, 5) is 41.4. The molecule has 1 aliphatic heterocycles. The molecule has 7 nitrogen and oxygen atoms in total. The second kappa shape index (κ2) is 9.17. The van der Waals surface area contributed by atoms with Crippen LogP contribution >= 0.6 is 11.8 Å². The molecule has 0 aromatic heterocycles. The van der Waals surface area contributed by atoms with E-state index in [0.717, 1.165) is 17.3 Å². The highest BCUT2D eigenvalue weighted by molar-refractivity contribution is 8.17. The molecule has 154 valence electrons. The molecule has 1 heterocycles. The highest BCUT2D eigenvalue weighted by Gasteiger charge is 2.43. The van der Waals surface area contributed by atoms with Gasteiger partial charge in [0.1, 0.15) is 20.2 Å². The molecule has 30 heavy (non-hydrogen) atoms. The molecule has 0 spiro atoms. The molecule has 0 bridgehead atoms. The Morgan fingerprint density at radius 3 is 2.57 bits per heavy atom. The zero-order chi connectivity index (χ0) is 21.7. The number of ether oxygens (including phenoxy) is 1. The second-order valence-corrected chi connectivity index (χ2v) is 8.62. The van der Waals surface area contributed by atoms with Gasteiger partial charge in [0.15, 0.2) is 0 Å². The lowest BCUT2D eigenvalue weighted by Crippen LogP contribution is -2.38. The predicted molar refractivity (Wildman–Crippen MR) is 121 cm³/mol. The van der Waals surface area contributed by atoms with Crippen LogP contribution < -0.4 is 10.1 Å². The summed E-state index contributed by atoms with van der Waals surface area (Å²) in [6, 6.07) is 14.4. The maximum Gasteiger partial charge on any atom is 0.285 e. The fraction of sp³-hybridized carbons (Fsp3) is 0.238. The SMILES string of the molecule is B[C@@]1(Cc2ccc(OCCN(C)C(=O)c3ccccc3N=C)cc2)SC(=O)NC1=O. The summed E-state index contributed by atoms with van der Waals surface area (Å²) in [6.07, 6.45) is 0.448. The van der Waals surface area contributed by atoms with Gasteiger partial charge in [-0.2, -0.15) is 0 Å². The first-order chi connectivity index (χ1) is 14.3. The van der Waals surface area contributed by atoms with Crippen LogP contribution in [0.5, 0.6) is 5.75 Å². The van der Waals surface area contributed by atoms with Crippen LogP contribution in [0.2, 0.25) is 0 Å². The molecule has 1 saturated heterocycles. The maximum absolute atomic E-state index is 12.6. The predicted octanol–water partition coefficient (Wildman–Crippen LogP) is 2.02. The molecule has 9 heteroatoms. The molecular formula is C21H22BN3O4S. The van der Waals surface area contributed by atoms with E-state index in [1.54, 1.807) is 38.0 Å². The summed E-state index contributed by atoms with van der Waals surface area (Å²) in [6.45, 7) is 4.24. The third kappa shape index (κ3) is 4.91. The number of benzene rings is 2. The summed E-state index contributed by atoms with van der Waals surface area (Å²) >= 11 is 1.02. The Balaban J connectivity index is 1.52. The number of nitrogens with zero attached hydrogens (tertiary/aromatic N) is 2. The lowest BCUT2D eigenvalue weighted by Gasteiger charge is -2.19. The molecular weight excluding hydrogens is 401 g/mol. The molecule has 2 aromatic carbocycles. The Hall–Kier alpha value is -3.07. The average molecular weight is 423 g/mol. The Morgan fingerprint density at radius 1 is 1.23 bits per heavy atom. The quantitative estimate of drug-likeness (QED) is 0.519. The van der Waals surface area contributed by atoms with Crippen LogP contribution in [0.4, 0.5) is 10.5 Å². The zero-order valence-electron chi connectivity index (χ0n) is 16.9. The van der Waals surface area contributed by atoms with Gasteiger partial charge in [-0.05, 0) is 43.0 Å². The third-order valence-corrected chi connectivity index (χ3v) is 5.89. The Kier molecular flexibility index (Phi) is 6.61. The van der Waals surface area contributed by atoms with E-state index in [1.165, 1.54) is 0 Å². The van der Waals surface area contributed by atoms with Crippen molar-refractivity contribution in [2.24, 2.45) is 4.99 Å². The third-order valence-electron chi connectivity index (χ3n) is 4.83. The largest absolute Gasteiger partial charge is 0.492 e. The van der Waals surface area contributed by atoms with Crippen LogP contribution in [0, 0.1) is 0 Å². The number of likely N-dealkylation sites (N-methyl/N-ethyl adjacent to an activating group) is 1. The van der Waals surface area contributed by atoms with Gasteiger partial charge < -0.3 is 9.64 Å². The van der Waals surface area contributed by atoms with E-state index in [2.05, 4.69) is 17.0 Å². The molecule has 2 aromatic rings. The molecule has 3 rings (SSSR count). The summed E-state index contributed by atoms with van der Waals surface area (Å²) < 4.78 is 4.95. The van der Waals surface area contributed by atoms with Crippen LogP contribution in [-0.4, -0.2) is 61.4 Å². The van der Waals surface area contributed by atoms with Gasteiger partial charge in [-0.3, -0.25) is 24.7 Å². The number of para-hydroxylation sites is 1. The summed E-state index contributed by atoms with van der Waals surface area (Å²) in [5.74, 6) is 0.253. The summed E-state index contributed by atoms with van der Waals surface area (Å²) in [5.41, 5.74) is 1.98. The van der Waals surface area contributed by atoms with Crippen molar-refractivity contribution in [3.63, 3.8) is 0 Å². The van der Waals surface area contributed by atoms with E-state index >= 15 is 0 Å². The van der Waals surface area contributed by atoms with Gasteiger partial charge in [0.2, 0.25) is 5.91 Å². The van der Waals surface area contributed by atoms with Crippen molar-refractivity contribution in [2.75, 3.05) is 20.2 Å². The molecule has 3 amide bonds. The fourth-order valence-electron chi connectivity index (χ4n) is 3.11. The van der Waals surface area contributed by atoms with E-state index < -0.39 is 4.65 Å². The number of amides is 3. The first-order valence-corrected chi connectivity index (χ1v) is 10.2. The van der Waals surface area contributed by atoms with Gasteiger partial charge in [0, 0.05) is 7.05 Å². The van der Waals surface area contributed by atoms with E-state index in [1.807, 2.05) is 30.3 Å². The van der Waals surface area contributed by atoms with Crippen molar-refractivity contribution < 1.29 is 19.1 Å². The van der Waals surface area contributed by atoms with Gasteiger partial charge in [-0.15, -0.1) is 0 Å². The molecule has 1 N–H and O–H groups in total. The van der Waals surface area contributed by atoms with Crippen molar-refractivity contribution in [2.45, 2.75) is 11.1 Å². The molecule has 0 saturated carbocycles. The van der Waals surface area contributed by atoms with Crippen molar-refractivity contribution >= 4 is 49.1 Å². The monoisotopic (exact) mass is 423 g/mol. The highest BCUT2D eigenvalue weighted by atomic mass is 32.2. The smallest absolute Gasteiger partial charge is 0.285 e. The number of carbonyl (C=O) groups is 3. The standard InChI is InChI=1S/C21H22BN3O4S/c1-23-17-6-4-3-5-16(17)18(26)25(2)11-12-29-15-9-7-14(8-10-15)13-21(22)19(27)24-20(28)30-21/h3-10H,1,11-13,22H2,2H3,(H,24,27,28)/t21-/m0/s1. The number of carbonyl (C=O) groups excluding carboxylic acids is 3. The summed E-state index contributed by atoms with van der Waals surface area (Å²) in [5, 5.41) is 2.01. The molecule has 0 aliphatic carbocycles. The van der Waals surface area contributed by atoms with E-state index in [-0.39, 0.29) is 17.1 Å². The minimum Gasteiger partial charge on any atom is -0.492 e. The van der Waals surface area contributed by atoms with Crippen molar-refractivity contribution in [3.8, 4) is 5.75 Å². The van der Waals surface area contributed by atoms with Crippen LogP contribution in [0.1, 0.15) is 15.9 Å². The van der Waals surface area contributed by atoms with Crippen LogP contribution in [0.3, 0.4) is 0 Å². The fourth-order valence-corrected chi connectivity index (χ4v) is 4.05. The molecule has 1 fully saturated rings. The Morgan fingerprint density at radius 2 is 1.93 bits per heavy atom. The minimum absolute atomic E-state index is 0.146. The number of thioether (sulfide) groups is 1. The summed E-state index contributed by atoms with van der Waals surface area (Å²) in [7, 11) is 3.47. The van der Waals surface area contributed by atoms with Crippen LogP contribution in [0.15, 0.2) is 53.5 Å². The number of hydrogen-bond donors (Lipinski definition) is 1. The second-order valence-electron chi connectivity index (χ2n) is 7.15. The number of imide groups is 1. The Labute approximate surface area is 180 Å². The van der Waals surface area contributed by atoms with E-state index in [9.17, 15) is 14.4 Å². The highest BCUT2D eigenvalue weighted by Crippen LogP contribution is 2.32. The van der Waals surface area contributed by atoms with Crippen LogP contribution in [0.25, 0.3) is 0 Å². The van der Waals surface area contributed by atoms with E-state index in [0.29, 0.717) is 36.6 Å². The first kappa shape index (κ1) is 21.6.